The van der Waals surface area contributed by atoms with Crippen molar-refractivity contribution in [3.63, 3.8) is 0 Å². The Hall–Kier alpha value is -2.33. The fourth-order valence-electron chi connectivity index (χ4n) is 2.51. The molecule has 2 aromatic rings. The Morgan fingerprint density at radius 3 is 2.08 bits per heavy atom. The lowest BCUT2D eigenvalue weighted by molar-refractivity contribution is -0.101. The van der Waals surface area contributed by atoms with Gasteiger partial charge in [0, 0.05) is 5.56 Å². The second-order valence-electron chi connectivity index (χ2n) is 6.76. The smallest absolute Gasteiger partial charge is 0.440 e. The predicted octanol–water partition coefficient (Wildman–Crippen LogP) is 4.69. The lowest BCUT2D eigenvalue weighted by atomic mass is 9.86. The van der Waals surface area contributed by atoms with Crippen molar-refractivity contribution in [2.45, 2.75) is 33.6 Å². The van der Waals surface area contributed by atoms with Crippen molar-refractivity contribution in [2.75, 3.05) is 7.11 Å². The molecule has 0 unspecified atom stereocenters. The molecule has 0 atom stereocenters. The number of allylic oxidation sites excluding steroid dienone is 1. The zero-order valence-electron chi connectivity index (χ0n) is 14.5. The minimum Gasteiger partial charge on any atom is -0.618 e. The van der Waals surface area contributed by atoms with Gasteiger partial charge in [-0.25, -0.2) is 0 Å². The van der Waals surface area contributed by atoms with Gasteiger partial charge in [0.15, 0.2) is 0 Å². The number of ether oxygens (including phenoxy) is 1. The number of carbonyl (C=O) groups excluding carboxylic acids is 1. The monoisotopic (exact) mass is 354 g/mol. The highest BCUT2D eigenvalue weighted by molar-refractivity contribution is 6.25. The van der Waals surface area contributed by atoms with Gasteiger partial charge in [0.2, 0.25) is 0 Å². The number of rotatable bonds is 3. The van der Waals surface area contributed by atoms with Gasteiger partial charge < -0.3 is 13.3 Å². The molecule has 132 valence electrons. The zero-order valence-corrected chi connectivity index (χ0v) is 15.7. The van der Waals surface area contributed by atoms with Crippen molar-refractivity contribution in [3.05, 3.63) is 71.3 Å². The van der Waals surface area contributed by atoms with Gasteiger partial charge in [-0.05, 0) is 35.2 Å². The van der Waals surface area contributed by atoms with E-state index in [9.17, 15) is 0 Å². The average molecular weight is 355 g/mol. The Labute approximate surface area is 153 Å². The average Bonchev–Trinajstić information content (AvgIpc) is 2.61. The Balaban J connectivity index is 0.00000225. The Bertz CT molecular complexity index is 766. The third kappa shape index (κ3) is 4.40. The Morgan fingerprint density at radius 1 is 0.920 bits per heavy atom. The molecule has 0 N–H and O–H groups in total. The molecule has 3 nitrogen and oxygen atoms in total. The first-order chi connectivity index (χ1) is 11.5. The highest BCUT2D eigenvalue weighted by atomic mass is 28.2. The zero-order chi connectivity index (χ0) is 17.2. The number of ketones is 1. The maximum Gasteiger partial charge on any atom is 0.440 e. The van der Waals surface area contributed by atoms with Crippen LogP contribution in [-0.2, 0) is 9.84 Å². The van der Waals surface area contributed by atoms with Crippen LogP contribution in [0.4, 0.5) is 0 Å². The van der Waals surface area contributed by atoms with Crippen LogP contribution in [0.3, 0.4) is 0 Å². The van der Waals surface area contributed by atoms with Crippen LogP contribution in [-0.4, -0.2) is 22.9 Å². The molecule has 1 heterocycles. The molecule has 0 aromatic heterocycles. The molecule has 25 heavy (non-hydrogen) atoms. The summed E-state index contributed by atoms with van der Waals surface area (Å²) in [5.74, 6) is 2.54. The normalized spacial score (nSPS) is 13.6. The van der Waals surface area contributed by atoms with Crippen molar-refractivity contribution in [3.8, 4) is 5.75 Å². The van der Waals surface area contributed by atoms with Gasteiger partial charge in [-0.15, -0.1) is 0 Å². The molecular formula is C21H26O3Si. The third-order valence-electron chi connectivity index (χ3n) is 4.02. The highest BCUT2D eigenvalue weighted by Gasteiger charge is 2.18. The summed E-state index contributed by atoms with van der Waals surface area (Å²) < 4.78 is 16.7. The minimum absolute atomic E-state index is 0. The van der Waals surface area contributed by atoms with Gasteiger partial charge >= 0.3 is 10.0 Å². The second-order valence-corrected chi connectivity index (χ2v) is 7.42. The molecule has 0 amide bonds. The first-order valence-electron chi connectivity index (χ1n) is 7.96. The first-order valence-corrected chi connectivity index (χ1v) is 8.90. The SMILES string of the molecule is C.COc1ccc(C2=[O+][SiH-]OC(c3ccc(C(C)(C)C)cc3)=C2)cc1. The van der Waals surface area contributed by atoms with E-state index in [0.717, 1.165) is 28.4 Å². The molecule has 1 aliphatic rings. The van der Waals surface area contributed by atoms with E-state index in [2.05, 4.69) is 45.0 Å². The van der Waals surface area contributed by atoms with Crippen LogP contribution in [0.2, 0.25) is 0 Å². The summed E-state index contributed by atoms with van der Waals surface area (Å²) in [5, 5.41) is 0. The molecule has 3 rings (SSSR count). The largest absolute Gasteiger partial charge is 0.618 e. The maximum atomic E-state index is 5.76. The second kappa shape index (κ2) is 7.70. The van der Waals surface area contributed by atoms with Crippen LogP contribution >= 0.6 is 0 Å². The number of methoxy groups -OCH3 is 1. The van der Waals surface area contributed by atoms with Crippen LogP contribution in [0.5, 0.6) is 5.75 Å². The first kappa shape index (κ1) is 19.0. The van der Waals surface area contributed by atoms with Gasteiger partial charge in [0.1, 0.15) is 5.75 Å². The van der Waals surface area contributed by atoms with Gasteiger partial charge in [0.05, 0.1) is 24.5 Å². The number of benzene rings is 2. The van der Waals surface area contributed by atoms with Crippen LogP contribution in [0.1, 0.15) is 49.0 Å². The van der Waals surface area contributed by atoms with E-state index in [0.29, 0.717) is 0 Å². The van der Waals surface area contributed by atoms with Gasteiger partial charge in [-0.2, -0.15) is 0 Å². The molecule has 0 spiro atoms. The van der Waals surface area contributed by atoms with Crippen molar-refractivity contribution in [1.29, 1.82) is 0 Å². The van der Waals surface area contributed by atoms with Gasteiger partial charge in [-0.3, -0.25) is 0 Å². The van der Waals surface area contributed by atoms with E-state index < -0.39 is 10.0 Å². The summed E-state index contributed by atoms with van der Waals surface area (Å²) in [6.45, 7) is 6.64. The van der Waals surface area contributed by atoms with Crippen LogP contribution in [0.25, 0.3) is 5.76 Å². The van der Waals surface area contributed by atoms with Gasteiger partial charge in [0.25, 0.3) is 5.78 Å². The van der Waals surface area contributed by atoms with E-state index in [1.54, 1.807) is 7.11 Å². The molecule has 2 aromatic carbocycles. The Kier molecular flexibility index (Phi) is 5.85. The summed E-state index contributed by atoms with van der Waals surface area (Å²) >= 11 is 0. The fourth-order valence-corrected chi connectivity index (χ4v) is 3.17. The fraction of sp³-hybridized carbons (Fsp3) is 0.286. The lowest BCUT2D eigenvalue weighted by Crippen LogP contribution is -2.12. The van der Waals surface area contributed by atoms with E-state index in [4.69, 9.17) is 13.3 Å². The maximum absolute atomic E-state index is 5.76. The van der Waals surface area contributed by atoms with E-state index in [1.807, 2.05) is 30.3 Å². The van der Waals surface area contributed by atoms with E-state index in [1.165, 1.54) is 5.56 Å². The topological polar surface area (TPSA) is 29.8 Å². The molecule has 0 radical (unpaired) electrons. The van der Waals surface area contributed by atoms with E-state index >= 15 is 0 Å². The quantitative estimate of drug-likeness (QED) is 0.591. The summed E-state index contributed by atoms with van der Waals surface area (Å²) in [4.78, 5) is 0. The lowest BCUT2D eigenvalue weighted by Gasteiger charge is -2.20. The van der Waals surface area contributed by atoms with Crippen molar-refractivity contribution < 1.29 is 13.3 Å². The summed E-state index contributed by atoms with van der Waals surface area (Å²) in [5.41, 5.74) is 3.56. The summed E-state index contributed by atoms with van der Waals surface area (Å²) in [7, 11) is 1.11. The third-order valence-corrected chi connectivity index (χ3v) is 4.72. The predicted molar refractivity (Wildman–Crippen MR) is 105 cm³/mol. The van der Waals surface area contributed by atoms with Crippen molar-refractivity contribution in [2.24, 2.45) is 0 Å². The standard InChI is InChI=1S/C20H22O3Si.CH4/c1-20(2,3)16-9-5-14(6-10-16)18-13-19(23-24-22-18)15-7-11-17(21-4)12-8-15;/h5-13,24H,1-4H3;1H4. The number of hydrogen-bond acceptors (Lipinski definition) is 2. The Morgan fingerprint density at radius 2 is 1.52 bits per heavy atom. The summed E-state index contributed by atoms with van der Waals surface area (Å²) in [6, 6.07) is 16.4. The molecule has 0 fully saturated rings. The molecular weight excluding hydrogens is 328 g/mol. The summed E-state index contributed by atoms with van der Waals surface area (Å²) in [6.07, 6.45) is 1.96. The molecule has 0 saturated carbocycles. The molecule has 4 heteroatoms. The highest BCUT2D eigenvalue weighted by Crippen LogP contribution is 2.26. The molecule has 0 saturated heterocycles. The van der Waals surface area contributed by atoms with Crippen molar-refractivity contribution >= 4 is 21.5 Å². The van der Waals surface area contributed by atoms with Crippen LogP contribution < -0.4 is 4.74 Å². The van der Waals surface area contributed by atoms with Crippen LogP contribution in [0.15, 0.2) is 54.6 Å². The molecule has 1 aliphatic heterocycles. The number of hydrogen-bond donors (Lipinski definition) is 0. The van der Waals surface area contributed by atoms with Crippen molar-refractivity contribution in [1.82, 2.24) is 0 Å². The minimum atomic E-state index is -0.551. The van der Waals surface area contributed by atoms with Crippen LogP contribution in [0, 0.1) is 0 Å². The van der Waals surface area contributed by atoms with Gasteiger partial charge in [-0.1, -0.05) is 52.5 Å². The van der Waals surface area contributed by atoms with E-state index in [-0.39, 0.29) is 12.8 Å². The molecule has 0 bridgehead atoms. The molecule has 0 aliphatic carbocycles.